The third kappa shape index (κ3) is 8.22. The van der Waals surface area contributed by atoms with Gasteiger partial charge in [-0.2, -0.15) is 0 Å². The highest BCUT2D eigenvalue weighted by Crippen LogP contribution is 1.94. The number of likely N-dealkylation sites (N-methyl/N-ethyl adjacent to an activating group) is 1. The quantitative estimate of drug-likeness (QED) is 0.579. The number of hydrogen-bond acceptors (Lipinski definition) is 3. The molecular formula is C10H24N2O. The van der Waals surface area contributed by atoms with Crippen molar-refractivity contribution in [3.63, 3.8) is 0 Å². The van der Waals surface area contributed by atoms with Gasteiger partial charge in [-0.25, -0.2) is 0 Å². The molecule has 0 saturated carbocycles. The van der Waals surface area contributed by atoms with Crippen molar-refractivity contribution in [1.29, 1.82) is 0 Å². The van der Waals surface area contributed by atoms with E-state index in [1.54, 1.807) is 0 Å². The number of ether oxygens (including phenoxy) is 1. The van der Waals surface area contributed by atoms with Crippen LogP contribution in [0.1, 0.15) is 27.2 Å². The molecule has 0 spiro atoms. The second kappa shape index (κ2) is 8.48. The molecule has 1 atom stereocenters. The van der Waals surface area contributed by atoms with Gasteiger partial charge in [-0.15, -0.1) is 0 Å². The molecule has 0 heterocycles. The molecular weight excluding hydrogens is 164 g/mol. The maximum atomic E-state index is 5.69. The van der Waals surface area contributed by atoms with E-state index in [0.29, 0.717) is 6.04 Å². The second-order valence-electron chi connectivity index (χ2n) is 3.40. The molecule has 0 saturated heterocycles. The maximum absolute atomic E-state index is 5.69. The van der Waals surface area contributed by atoms with E-state index < -0.39 is 0 Å². The number of rotatable bonds is 8. The average molecular weight is 188 g/mol. The van der Waals surface area contributed by atoms with Crippen molar-refractivity contribution in [3.8, 4) is 0 Å². The predicted molar refractivity (Wildman–Crippen MR) is 56.9 cm³/mol. The minimum atomic E-state index is 0.307. The van der Waals surface area contributed by atoms with Gasteiger partial charge in [0.25, 0.3) is 0 Å². The van der Waals surface area contributed by atoms with E-state index >= 15 is 0 Å². The minimum absolute atomic E-state index is 0.307. The van der Waals surface area contributed by atoms with Crippen molar-refractivity contribution in [2.45, 2.75) is 33.2 Å². The molecule has 0 rings (SSSR count). The Morgan fingerprint density at radius 2 is 2.00 bits per heavy atom. The summed E-state index contributed by atoms with van der Waals surface area (Å²) in [6.07, 6.45) is 1.07. The zero-order valence-electron chi connectivity index (χ0n) is 9.25. The van der Waals surface area contributed by atoms with Crippen LogP contribution in [0.2, 0.25) is 0 Å². The Morgan fingerprint density at radius 1 is 1.31 bits per heavy atom. The van der Waals surface area contributed by atoms with Gasteiger partial charge in [-0.3, -0.25) is 0 Å². The zero-order valence-corrected chi connectivity index (χ0v) is 9.25. The molecule has 0 radical (unpaired) electrons. The molecule has 0 aromatic carbocycles. The van der Waals surface area contributed by atoms with Crippen molar-refractivity contribution >= 4 is 0 Å². The molecule has 0 amide bonds. The molecule has 3 nitrogen and oxygen atoms in total. The van der Waals surface area contributed by atoms with Crippen LogP contribution in [0.5, 0.6) is 0 Å². The zero-order chi connectivity index (χ0) is 10.1. The summed E-state index contributed by atoms with van der Waals surface area (Å²) in [5, 5.41) is 0. The minimum Gasteiger partial charge on any atom is -0.380 e. The van der Waals surface area contributed by atoms with Crippen LogP contribution in [0.4, 0.5) is 0 Å². The van der Waals surface area contributed by atoms with Crippen molar-refractivity contribution < 1.29 is 4.74 Å². The van der Waals surface area contributed by atoms with Gasteiger partial charge in [0.05, 0.1) is 6.61 Å². The van der Waals surface area contributed by atoms with Gasteiger partial charge in [0, 0.05) is 19.2 Å². The monoisotopic (exact) mass is 188 g/mol. The summed E-state index contributed by atoms with van der Waals surface area (Å²) in [6, 6.07) is 0.307. The highest BCUT2D eigenvalue weighted by atomic mass is 16.5. The van der Waals surface area contributed by atoms with Crippen LogP contribution in [-0.2, 0) is 4.74 Å². The lowest BCUT2D eigenvalue weighted by Gasteiger charge is -2.20. The Balaban J connectivity index is 3.39. The summed E-state index contributed by atoms with van der Waals surface area (Å²) in [5.41, 5.74) is 5.69. The Morgan fingerprint density at radius 3 is 2.46 bits per heavy atom. The second-order valence-corrected chi connectivity index (χ2v) is 3.40. The van der Waals surface area contributed by atoms with Crippen LogP contribution < -0.4 is 5.73 Å². The number of nitrogens with zero attached hydrogens (tertiary/aromatic N) is 1. The smallest absolute Gasteiger partial charge is 0.0593 e. The first-order valence-corrected chi connectivity index (χ1v) is 5.26. The van der Waals surface area contributed by atoms with E-state index in [1.807, 2.05) is 6.92 Å². The molecule has 3 heteroatoms. The Hall–Kier alpha value is -0.120. The van der Waals surface area contributed by atoms with E-state index in [2.05, 4.69) is 18.7 Å². The van der Waals surface area contributed by atoms with Crippen LogP contribution in [-0.4, -0.2) is 43.8 Å². The largest absolute Gasteiger partial charge is 0.380 e. The fourth-order valence-corrected chi connectivity index (χ4v) is 1.15. The van der Waals surface area contributed by atoms with Gasteiger partial charge >= 0.3 is 0 Å². The summed E-state index contributed by atoms with van der Waals surface area (Å²) in [6.45, 7) is 11.1. The molecule has 0 aromatic heterocycles. The molecule has 80 valence electrons. The molecule has 0 aliphatic rings. The molecule has 0 bridgehead atoms. The van der Waals surface area contributed by atoms with Crippen LogP contribution in [0.3, 0.4) is 0 Å². The summed E-state index contributed by atoms with van der Waals surface area (Å²) in [5.74, 6) is 0. The summed E-state index contributed by atoms with van der Waals surface area (Å²) in [7, 11) is 0. The molecule has 13 heavy (non-hydrogen) atoms. The predicted octanol–water partition coefficient (Wildman–Crippen LogP) is 1.08. The van der Waals surface area contributed by atoms with Gasteiger partial charge in [0.2, 0.25) is 0 Å². The van der Waals surface area contributed by atoms with Crippen molar-refractivity contribution in [3.05, 3.63) is 0 Å². The highest BCUT2D eigenvalue weighted by molar-refractivity contribution is 4.60. The molecule has 1 unspecified atom stereocenters. The normalized spacial score (nSPS) is 13.6. The lowest BCUT2D eigenvalue weighted by Crippen LogP contribution is -2.31. The van der Waals surface area contributed by atoms with E-state index in [-0.39, 0.29) is 0 Å². The SMILES string of the molecule is CCOCCN(CC)CCC(C)N. The first-order chi connectivity index (χ1) is 6.20. The number of hydrogen-bond donors (Lipinski definition) is 1. The standard InChI is InChI=1S/C10H24N2O/c1-4-12(7-6-10(3)11)8-9-13-5-2/h10H,4-9,11H2,1-3H3. The highest BCUT2D eigenvalue weighted by Gasteiger charge is 2.02. The summed E-state index contributed by atoms with van der Waals surface area (Å²) in [4.78, 5) is 2.37. The summed E-state index contributed by atoms with van der Waals surface area (Å²) < 4.78 is 5.30. The van der Waals surface area contributed by atoms with Gasteiger partial charge < -0.3 is 15.4 Å². The fraction of sp³-hybridized carbons (Fsp3) is 1.00. The first-order valence-electron chi connectivity index (χ1n) is 5.26. The Labute approximate surface area is 82.2 Å². The van der Waals surface area contributed by atoms with Crippen LogP contribution in [0.15, 0.2) is 0 Å². The van der Waals surface area contributed by atoms with E-state index in [9.17, 15) is 0 Å². The fourth-order valence-electron chi connectivity index (χ4n) is 1.15. The summed E-state index contributed by atoms with van der Waals surface area (Å²) >= 11 is 0. The third-order valence-corrected chi connectivity index (χ3v) is 2.10. The van der Waals surface area contributed by atoms with E-state index in [0.717, 1.165) is 39.3 Å². The maximum Gasteiger partial charge on any atom is 0.0593 e. The van der Waals surface area contributed by atoms with Crippen LogP contribution in [0.25, 0.3) is 0 Å². The van der Waals surface area contributed by atoms with Crippen molar-refractivity contribution in [1.82, 2.24) is 4.90 Å². The van der Waals surface area contributed by atoms with Gasteiger partial charge in [0.1, 0.15) is 0 Å². The molecule has 2 N–H and O–H groups in total. The van der Waals surface area contributed by atoms with Crippen LogP contribution >= 0.6 is 0 Å². The Bertz CT molecular complexity index is 107. The van der Waals surface area contributed by atoms with Gasteiger partial charge in [-0.1, -0.05) is 6.92 Å². The van der Waals surface area contributed by atoms with Gasteiger partial charge in [-0.05, 0) is 33.4 Å². The third-order valence-electron chi connectivity index (χ3n) is 2.10. The number of nitrogens with two attached hydrogens (primary N) is 1. The van der Waals surface area contributed by atoms with Gasteiger partial charge in [0.15, 0.2) is 0 Å². The molecule has 0 aromatic rings. The van der Waals surface area contributed by atoms with Crippen molar-refractivity contribution in [2.75, 3.05) is 32.8 Å². The first kappa shape index (κ1) is 12.9. The Kier molecular flexibility index (Phi) is 8.40. The lowest BCUT2D eigenvalue weighted by atomic mass is 10.2. The van der Waals surface area contributed by atoms with Crippen molar-refractivity contribution in [2.24, 2.45) is 5.73 Å². The molecule has 0 aliphatic heterocycles. The topological polar surface area (TPSA) is 38.5 Å². The molecule has 0 fully saturated rings. The lowest BCUT2D eigenvalue weighted by molar-refractivity contribution is 0.114. The average Bonchev–Trinajstić information content (AvgIpc) is 2.10. The van der Waals surface area contributed by atoms with E-state index in [1.165, 1.54) is 0 Å². The van der Waals surface area contributed by atoms with E-state index in [4.69, 9.17) is 10.5 Å². The molecule has 0 aliphatic carbocycles. The van der Waals surface area contributed by atoms with Crippen LogP contribution in [0, 0.1) is 0 Å².